The third-order valence-electron chi connectivity index (χ3n) is 2.48. The molecule has 1 aromatic heterocycles. The van der Waals surface area contributed by atoms with E-state index >= 15 is 0 Å². The van der Waals surface area contributed by atoms with Gasteiger partial charge >= 0.3 is 0 Å². The molecule has 1 heterocycles. The first-order valence-corrected chi connectivity index (χ1v) is 5.63. The lowest BCUT2D eigenvalue weighted by Gasteiger charge is -2.23. The molecule has 0 saturated heterocycles. The summed E-state index contributed by atoms with van der Waals surface area (Å²) in [5.41, 5.74) is -0.226. The van der Waals surface area contributed by atoms with Crippen LogP contribution in [0.1, 0.15) is 30.2 Å². The molecule has 0 amide bonds. The van der Waals surface area contributed by atoms with Gasteiger partial charge in [0.15, 0.2) is 0 Å². The molecule has 1 unspecified atom stereocenters. The third kappa shape index (κ3) is 2.32. The molecule has 4 heteroatoms. The predicted octanol–water partition coefficient (Wildman–Crippen LogP) is 2.13. The molecule has 0 aliphatic rings. The molecule has 1 rings (SSSR count). The van der Waals surface area contributed by atoms with Gasteiger partial charge in [0.05, 0.1) is 0 Å². The highest BCUT2D eigenvalue weighted by Gasteiger charge is 2.27. The van der Waals surface area contributed by atoms with Crippen LogP contribution in [0.4, 0.5) is 0 Å². The van der Waals surface area contributed by atoms with Gasteiger partial charge in [0.2, 0.25) is 0 Å². The van der Waals surface area contributed by atoms with E-state index in [2.05, 4.69) is 24.1 Å². The lowest BCUT2D eigenvalue weighted by atomic mass is 10.1. The number of aromatic nitrogens is 1. The molecule has 0 radical (unpaired) electrons. The van der Waals surface area contributed by atoms with Crippen molar-refractivity contribution in [3.8, 4) is 0 Å². The second kappa shape index (κ2) is 4.87. The zero-order valence-electron chi connectivity index (χ0n) is 9.26. The van der Waals surface area contributed by atoms with E-state index in [0.29, 0.717) is 0 Å². The van der Waals surface area contributed by atoms with Crippen LogP contribution in [0.15, 0.2) is 6.20 Å². The summed E-state index contributed by atoms with van der Waals surface area (Å²) >= 11 is 1.71. The SMILES string of the molecule is CCC(C)(OC)c1ncc(CNC)s1. The first-order valence-electron chi connectivity index (χ1n) is 4.81. The van der Waals surface area contributed by atoms with E-state index in [1.807, 2.05) is 13.2 Å². The van der Waals surface area contributed by atoms with E-state index in [9.17, 15) is 0 Å². The van der Waals surface area contributed by atoms with E-state index in [4.69, 9.17) is 4.74 Å². The largest absolute Gasteiger partial charge is 0.371 e. The zero-order chi connectivity index (χ0) is 10.6. The lowest BCUT2D eigenvalue weighted by Crippen LogP contribution is -2.22. The van der Waals surface area contributed by atoms with Crippen LogP contribution in [0.25, 0.3) is 0 Å². The van der Waals surface area contributed by atoms with E-state index in [-0.39, 0.29) is 5.60 Å². The Bertz CT molecular complexity index is 281. The summed E-state index contributed by atoms with van der Waals surface area (Å²) < 4.78 is 5.49. The number of thiazole rings is 1. The van der Waals surface area contributed by atoms with Gasteiger partial charge < -0.3 is 10.1 Å². The molecule has 0 saturated carbocycles. The van der Waals surface area contributed by atoms with Crippen LogP contribution in [-0.4, -0.2) is 19.1 Å². The van der Waals surface area contributed by atoms with E-state index in [1.165, 1.54) is 4.88 Å². The van der Waals surface area contributed by atoms with Crippen molar-refractivity contribution in [3.05, 3.63) is 16.1 Å². The van der Waals surface area contributed by atoms with E-state index in [0.717, 1.165) is 18.0 Å². The lowest BCUT2D eigenvalue weighted by molar-refractivity contribution is -0.00156. The van der Waals surface area contributed by atoms with Crippen molar-refractivity contribution in [3.63, 3.8) is 0 Å². The van der Waals surface area contributed by atoms with Gasteiger partial charge in [0, 0.05) is 24.7 Å². The third-order valence-corrected chi connectivity index (χ3v) is 3.72. The van der Waals surface area contributed by atoms with Gasteiger partial charge in [-0.25, -0.2) is 4.98 Å². The van der Waals surface area contributed by atoms with Crippen LogP contribution in [0.5, 0.6) is 0 Å². The molecule has 3 nitrogen and oxygen atoms in total. The predicted molar refractivity (Wildman–Crippen MR) is 59.5 cm³/mol. The average Bonchev–Trinajstić information content (AvgIpc) is 2.66. The molecule has 0 bridgehead atoms. The number of methoxy groups -OCH3 is 1. The minimum Gasteiger partial charge on any atom is -0.371 e. The first-order chi connectivity index (χ1) is 6.66. The molecular weight excluding hydrogens is 196 g/mol. The maximum absolute atomic E-state index is 5.49. The van der Waals surface area contributed by atoms with Crippen molar-refractivity contribution >= 4 is 11.3 Å². The van der Waals surface area contributed by atoms with Crippen molar-refractivity contribution in [1.29, 1.82) is 0 Å². The Morgan fingerprint density at radius 2 is 2.36 bits per heavy atom. The van der Waals surface area contributed by atoms with Crippen molar-refractivity contribution in [1.82, 2.24) is 10.3 Å². The molecule has 1 N–H and O–H groups in total. The number of hydrogen-bond donors (Lipinski definition) is 1. The van der Waals surface area contributed by atoms with Gasteiger partial charge in [-0.1, -0.05) is 6.92 Å². The number of nitrogens with one attached hydrogen (secondary N) is 1. The van der Waals surface area contributed by atoms with Crippen LogP contribution in [0.3, 0.4) is 0 Å². The normalized spacial score (nSPS) is 15.4. The highest BCUT2D eigenvalue weighted by Crippen LogP contribution is 2.31. The zero-order valence-corrected chi connectivity index (χ0v) is 10.1. The first kappa shape index (κ1) is 11.6. The summed E-state index contributed by atoms with van der Waals surface area (Å²) in [7, 11) is 3.68. The molecule has 0 aliphatic heterocycles. The van der Waals surface area contributed by atoms with Crippen LogP contribution in [-0.2, 0) is 16.9 Å². The second-order valence-corrected chi connectivity index (χ2v) is 4.57. The standard InChI is InChI=1S/C10H18N2OS/c1-5-10(2,13-4)9-12-7-8(14-9)6-11-3/h7,11H,5-6H2,1-4H3. The maximum atomic E-state index is 5.49. The minimum absolute atomic E-state index is 0.226. The molecule has 0 fully saturated rings. The highest BCUT2D eigenvalue weighted by molar-refractivity contribution is 7.11. The average molecular weight is 214 g/mol. The summed E-state index contributed by atoms with van der Waals surface area (Å²) in [6, 6.07) is 0. The van der Waals surface area contributed by atoms with Crippen LogP contribution in [0.2, 0.25) is 0 Å². The summed E-state index contributed by atoms with van der Waals surface area (Å²) in [5, 5.41) is 4.18. The van der Waals surface area contributed by atoms with Crippen molar-refractivity contribution in [2.75, 3.05) is 14.2 Å². The summed E-state index contributed by atoms with van der Waals surface area (Å²) in [6.45, 7) is 5.07. The maximum Gasteiger partial charge on any atom is 0.125 e. The van der Waals surface area contributed by atoms with Gasteiger partial charge in [-0.15, -0.1) is 11.3 Å². The fourth-order valence-corrected chi connectivity index (χ4v) is 2.31. The topological polar surface area (TPSA) is 34.1 Å². The Balaban J connectivity index is 2.84. The van der Waals surface area contributed by atoms with Crippen LogP contribution in [0, 0.1) is 0 Å². The Hall–Kier alpha value is -0.450. The van der Waals surface area contributed by atoms with Crippen molar-refractivity contribution < 1.29 is 4.74 Å². The van der Waals surface area contributed by atoms with Crippen molar-refractivity contribution in [2.24, 2.45) is 0 Å². The fourth-order valence-electron chi connectivity index (χ4n) is 1.19. The van der Waals surface area contributed by atoms with Crippen molar-refractivity contribution in [2.45, 2.75) is 32.4 Å². The van der Waals surface area contributed by atoms with Gasteiger partial charge in [-0.2, -0.15) is 0 Å². The smallest absolute Gasteiger partial charge is 0.125 e. The number of nitrogens with zero attached hydrogens (tertiary/aromatic N) is 1. The second-order valence-electron chi connectivity index (χ2n) is 3.45. The number of hydrogen-bond acceptors (Lipinski definition) is 4. The minimum atomic E-state index is -0.226. The molecule has 1 aromatic rings. The Kier molecular flexibility index (Phi) is 4.04. The Morgan fingerprint density at radius 3 is 2.86 bits per heavy atom. The monoisotopic (exact) mass is 214 g/mol. The van der Waals surface area contributed by atoms with E-state index in [1.54, 1.807) is 18.4 Å². The van der Waals surface area contributed by atoms with Crippen LogP contribution >= 0.6 is 11.3 Å². The fraction of sp³-hybridized carbons (Fsp3) is 0.700. The molecule has 0 spiro atoms. The molecular formula is C10H18N2OS. The number of ether oxygens (including phenoxy) is 1. The Morgan fingerprint density at radius 1 is 1.64 bits per heavy atom. The van der Waals surface area contributed by atoms with Gasteiger partial charge in [-0.3, -0.25) is 0 Å². The molecule has 14 heavy (non-hydrogen) atoms. The Labute approximate surface area is 89.5 Å². The molecule has 0 aliphatic carbocycles. The highest BCUT2D eigenvalue weighted by atomic mass is 32.1. The van der Waals surface area contributed by atoms with Gasteiger partial charge in [0.25, 0.3) is 0 Å². The summed E-state index contributed by atoms with van der Waals surface area (Å²) in [5.74, 6) is 0. The summed E-state index contributed by atoms with van der Waals surface area (Å²) in [4.78, 5) is 5.65. The molecule has 1 atom stereocenters. The van der Waals surface area contributed by atoms with E-state index < -0.39 is 0 Å². The van der Waals surface area contributed by atoms with Gasteiger partial charge in [-0.05, 0) is 20.4 Å². The number of rotatable bonds is 5. The van der Waals surface area contributed by atoms with Crippen LogP contribution < -0.4 is 5.32 Å². The van der Waals surface area contributed by atoms with Gasteiger partial charge in [0.1, 0.15) is 10.6 Å². The summed E-state index contributed by atoms with van der Waals surface area (Å²) in [6.07, 6.45) is 2.86. The quantitative estimate of drug-likeness (QED) is 0.815. The molecule has 0 aromatic carbocycles. The molecule has 80 valence electrons.